The van der Waals surface area contributed by atoms with Crippen molar-refractivity contribution in [2.24, 2.45) is 11.1 Å². The zero-order valence-electron chi connectivity index (χ0n) is 12.1. The van der Waals surface area contributed by atoms with Crippen molar-refractivity contribution in [3.05, 3.63) is 0 Å². The van der Waals surface area contributed by atoms with E-state index in [-0.39, 0.29) is 5.41 Å². The second kappa shape index (κ2) is 11.9. The summed E-state index contributed by atoms with van der Waals surface area (Å²) >= 11 is 0. The Balaban J connectivity index is 3.08. The van der Waals surface area contributed by atoms with Crippen molar-refractivity contribution in [2.75, 3.05) is 59.9 Å². The molecule has 0 spiro atoms. The van der Waals surface area contributed by atoms with E-state index in [2.05, 4.69) is 13.8 Å². The van der Waals surface area contributed by atoms with Gasteiger partial charge in [0.05, 0.1) is 39.6 Å². The maximum Gasteiger partial charge on any atom is 0.0701 e. The summed E-state index contributed by atoms with van der Waals surface area (Å²) in [7, 11) is 1.66. The molecule has 0 saturated heterocycles. The second-order valence-electron chi connectivity index (χ2n) is 4.95. The number of hydrogen-bond acceptors (Lipinski definition) is 5. The molecule has 0 aliphatic rings. The van der Waals surface area contributed by atoms with Gasteiger partial charge < -0.3 is 24.7 Å². The highest BCUT2D eigenvalue weighted by atomic mass is 16.6. The monoisotopic (exact) mass is 263 g/mol. The van der Waals surface area contributed by atoms with Crippen molar-refractivity contribution in [2.45, 2.75) is 20.3 Å². The third-order valence-electron chi connectivity index (χ3n) is 2.65. The normalized spacial score (nSPS) is 12.0. The minimum Gasteiger partial charge on any atom is -0.382 e. The van der Waals surface area contributed by atoms with Crippen molar-refractivity contribution < 1.29 is 18.9 Å². The highest BCUT2D eigenvalue weighted by molar-refractivity contribution is 4.68. The van der Waals surface area contributed by atoms with E-state index in [1.165, 1.54) is 0 Å². The molecule has 0 fully saturated rings. The molecule has 0 unspecified atom stereocenters. The summed E-state index contributed by atoms with van der Waals surface area (Å²) in [6.07, 6.45) is 0.976. The Kier molecular flexibility index (Phi) is 11.7. The minimum atomic E-state index is 0.163. The van der Waals surface area contributed by atoms with Gasteiger partial charge in [0.2, 0.25) is 0 Å². The Labute approximate surface area is 111 Å². The van der Waals surface area contributed by atoms with Crippen LogP contribution >= 0.6 is 0 Å². The Morgan fingerprint density at radius 3 is 1.67 bits per heavy atom. The maximum absolute atomic E-state index is 5.63. The van der Waals surface area contributed by atoms with Gasteiger partial charge in [0, 0.05) is 13.7 Å². The summed E-state index contributed by atoms with van der Waals surface area (Å²) < 4.78 is 20.9. The number of ether oxygens (including phenoxy) is 4. The van der Waals surface area contributed by atoms with Gasteiger partial charge in [-0.3, -0.25) is 0 Å². The topological polar surface area (TPSA) is 62.9 Å². The first-order chi connectivity index (χ1) is 8.62. The minimum absolute atomic E-state index is 0.163. The van der Waals surface area contributed by atoms with Crippen LogP contribution in [0.15, 0.2) is 0 Å². The molecule has 0 amide bonds. The summed E-state index contributed by atoms with van der Waals surface area (Å²) in [4.78, 5) is 0. The van der Waals surface area contributed by atoms with Crippen molar-refractivity contribution in [1.82, 2.24) is 0 Å². The smallest absolute Gasteiger partial charge is 0.0701 e. The van der Waals surface area contributed by atoms with E-state index in [1.54, 1.807) is 7.11 Å². The third kappa shape index (κ3) is 12.3. The zero-order chi connectivity index (χ0) is 13.7. The fourth-order valence-electron chi connectivity index (χ4n) is 1.13. The molecule has 0 atom stereocenters. The van der Waals surface area contributed by atoms with E-state index in [4.69, 9.17) is 24.7 Å². The van der Waals surface area contributed by atoms with Gasteiger partial charge in [0.15, 0.2) is 0 Å². The molecule has 5 heteroatoms. The van der Waals surface area contributed by atoms with Crippen LogP contribution in [0.5, 0.6) is 0 Å². The van der Waals surface area contributed by atoms with Crippen LogP contribution in [0.4, 0.5) is 0 Å². The quantitative estimate of drug-likeness (QED) is 0.503. The van der Waals surface area contributed by atoms with Gasteiger partial charge in [-0.25, -0.2) is 0 Å². The molecule has 0 aromatic rings. The summed E-state index contributed by atoms with van der Waals surface area (Å²) in [5.41, 5.74) is 5.80. The van der Waals surface area contributed by atoms with Crippen LogP contribution in [0.3, 0.4) is 0 Å². The predicted octanol–water partition coefficient (Wildman–Crippen LogP) is 1.06. The van der Waals surface area contributed by atoms with Crippen LogP contribution in [-0.4, -0.2) is 59.9 Å². The van der Waals surface area contributed by atoms with E-state index < -0.39 is 0 Å². The molecule has 0 aromatic heterocycles. The average Bonchev–Trinajstić information content (AvgIpc) is 2.36. The molecule has 0 aromatic carbocycles. The fourth-order valence-corrected chi connectivity index (χ4v) is 1.13. The number of nitrogens with two attached hydrogens (primary N) is 1. The molecule has 110 valence electrons. The lowest BCUT2D eigenvalue weighted by Crippen LogP contribution is -2.25. The Bertz CT molecular complexity index is 176. The van der Waals surface area contributed by atoms with Gasteiger partial charge in [0.25, 0.3) is 0 Å². The molecule has 0 bridgehead atoms. The number of hydrogen-bond donors (Lipinski definition) is 1. The fraction of sp³-hybridized carbons (Fsp3) is 1.00. The molecule has 0 aliphatic heterocycles. The van der Waals surface area contributed by atoms with Gasteiger partial charge in [0.1, 0.15) is 0 Å². The van der Waals surface area contributed by atoms with Gasteiger partial charge >= 0.3 is 0 Å². The second-order valence-corrected chi connectivity index (χ2v) is 4.95. The van der Waals surface area contributed by atoms with E-state index in [1.807, 2.05) is 0 Å². The van der Waals surface area contributed by atoms with Crippen molar-refractivity contribution in [3.8, 4) is 0 Å². The van der Waals surface area contributed by atoms with Crippen LogP contribution in [0.1, 0.15) is 20.3 Å². The molecule has 5 nitrogen and oxygen atoms in total. The summed E-state index contributed by atoms with van der Waals surface area (Å²) in [5.74, 6) is 0. The van der Waals surface area contributed by atoms with Crippen molar-refractivity contribution >= 4 is 0 Å². The first-order valence-electron chi connectivity index (χ1n) is 6.54. The molecular weight excluding hydrogens is 234 g/mol. The zero-order valence-corrected chi connectivity index (χ0v) is 12.1. The van der Waals surface area contributed by atoms with Crippen LogP contribution in [0, 0.1) is 5.41 Å². The molecule has 0 aliphatic carbocycles. The lowest BCUT2D eigenvalue weighted by molar-refractivity contribution is 0.000628. The Morgan fingerprint density at radius 2 is 1.22 bits per heavy atom. The third-order valence-corrected chi connectivity index (χ3v) is 2.65. The first kappa shape index (κ1) is 17.8. The van der Waals surface area contributed by atoms with Crippen LogP contribution in [-0.2, 0) is 18.9 Å². The van der Waals surface area contributed by atoms with Crippen molar-refractivity contribution in [3.63, 3.8) is 0 Å². The van der Waals surface area contributed by atoms with Crippen LogP contribution in [0.25, 0.3) is 0 Å². The van der Waals surface area contributed by atoms with E-state index >= 15 is 0 Å². The van der Waals surface area contributed by atoms with Crippen molar-refractivity contribution in [1.29, 1.82) is 0 Å². The standard InChI is InChI=1S/C13H29NO4/c1-13(2,12-14)4-5-16-8-9-18-11-10-17-7-6-15-3/h4-12,14H2,1-3H3. The SMILES string of the molecule is COCCOCCOCCOCCC(C)(C)CN. The predicted molar refractivity (Wildman–Crippen MR) is 71.8 cm³/mol. The maximum atomic E-state index is 5.63. The Hall–Kier alpha value is -0.200. The number of rotatable bonds is 13. The lowest BCUT2D eigenvalue weighted by atomic mass is 9.90. The van der Waals surface area contributed by atoms with E-state index in [9.17, 15) is 0 Å². The summed E-state index contributed by atoms with van der Waals surface area (Å²) in [6.45, 7) is 9.38. The highest BCUT2D eigenvalue weighted by Gasteiger charge is 2.14. The summed E-state index contributed by atoms with van der Waals surface area (Å²) in [6, 6.07) is 0. The molecule has 0 rings (SSSR count). The Morgan fingerprint density at radius 1 is 0.778 bits per heavy atom. The average molecular weight is 263 g/mol. The molecular formula is C13H29NO4. The van der Waals surface area contributed by atoms with Gasteiger partial charge in [-0.15, -0.1) is 0 Å². The van der Waals surface area contributed by atoms with Crippen LogP contribution < -0.4 is 5.73 Å². The molecule has 0 radical (unpaired) electrons. The molecule has 0 saturated carbocycles. The lowest BCUT2D eigenvalue weighted by Gasteiger charge is -2.21. The molecule has 18 heavy (non-hydrogen) atoms. The van der Waals surface area contributed by atoms with Gasteiger partial charge in [-0.05, 0) is 18.4 Å². The van der Waals surface area contributed by atoms with Gasteiger partial charge in [-0.1, -0.05) is 13.8 Å². The van der Waals surface area contributed by atoms with E-state index in [0.29, 0.717) is 46.2 Å². The van der Waals surface area contributed by atoms with Crippen LogP contribution in [0.2, 0.25) is 0 Å². The molecule has 0 heterocycles. The van der Waals surface area contributed by atoms with E-state index in [0.717, 1.165) is 13.0 Å². The molecule has 2 N–H and O–H groups in total. The number of methoxy groups -OCH3 is 1. The largest absolute Gasteiger partial charge is 0.382 e. The highest BCUT2D eigenvalue weighted by Crippen LogP contribution is 2.17. The first-order valence-corrected chi connectivity index (χ1v) is 6.54. The van der Waals surface area contributed by atoms with Gasteiger partial charge in [-0.2, -0.15) is 0 Å². The summed E-state index contributed by atoms with van der Waals surface area (Å²) in [5, 5.41) is 0.